The summed E-state index contributed by atoms with van der Waals surface area (Å²) in [6, 6.07) is 1.76. The van der Waals surface area contributed by atoms with Crippen LogP contribution in [-0.2, 0) is 11.3 Å². The van der Waals surface area contributed by atoms with Crippen molar-refractivity contribution in [3.05, 3.63) is 61.8 Å². The molecule has 0 aromatic carbocycles. The molecule has 0 saturated heterocycles. The molecule has 1 amide bonds. The van der Waals surface area contributed by atoms with Gasteiger partial charge in [0.15, 0.2) is 0 Å². The van der Waals surface area contributed by atoms with Crippen LogP contribution in [0.5, 0.6) is 5.75 Å². The molecular formula is C21H29BrFN2O3P. The molecule has 0 aliphatic carbocycles. The highest BCUT2D eigenvalue weighted by atomic mass is 79.9. The Kier molecular flexibility index (Phi) is 11.1. The third-order valence-corrected chi connectivity index (χ3v) is 5.06. The fourth-order valence-corrected chi connectivity index (χ4v) is 2.93. The van der Waals surface area contributed by atoms with E-state index in [1.165, 1.54) is 12.2 Å². The van der Waals surface area contributed by atoms with Gasteiger partial charge in [-0.25, -0.2) is 4.39 Å². The lowest BCUT2D eigenvalue weighted by Gasteiger charge is -2.14. The number of amides is 1. The summed E-state index contributed by atoms with van der Waals surface area (Å²) in [4.78, 5) is 24.4. The number of aromatic nitrogens is 1. The number of ether oxygens (including phenoxy) is 1. The van der Waals surface area contributed by atoms with E-state index in [0.29, 0.717) is 28.4 Å². The summed E-state index contributed by atoms with van der Waals surface area (Å²) < 4.78 is 20.0. The van der Waals surface area contributed by atoms with Gasteiger partial charge in [-0.05, 0) is 46.6 Å². The van der Waals surface area contributed by atoms with Crippen LogP contribution in [-0.4, -0.2) is 30.3 Å². The summed E-state index contributed by atoms with van der Waals surface area (Å²) in [6.45, 7) is 8.25. The number of hydrogen-bond acceptors (Lipinski definition) is 3. The Morgan fingerprint density at radius 2 is 2.07 bits per heavy atom. The molecule has 1 atom stereocenters. The number of allylic oxidation sites excluding steroid dienone is 3. The van der Waals surface area contributed by atoms with E-state index in [9.17, 15) is 14.0 Å². The lowest BCUT2D eigenvalue weighted by atomic mass is 10.2. The van der Waals surface area contributed by atoms with Gasteiger partial charge < -0.3 is 14.6 Å². The molecular weight excluding hydrogens is 458 g/mol. The van der Waals surface area contributed by atoms with Crippen molar-refractivity contribution in [3.8, 4) is 5.75 Å². The average Bonchev–Trinajstić information content (AvgIpc) is 2.66. The monoisotopic (exact) mass is 486 g/mol. The van der Waals surface area contributed by atoms with E-state index in [1.54, 1.807) is 29.7 Å². The van der Waals surface area contributed by atoms with Crippen molar-refractivity contribution in [2.75, 3.05) is 19.8 Å². The van der Waals surface area contributed by atoms with Crippen LogP contribution in [0.1, 0.15) is 26.5 Å². The van der Waals surface area contributed by atoms with Crippen LogP contribution in [0.25, 0.3) is 0 Å². The van der Waals surface area contributed by atoms with Gasteiger partial charge in [-0.1, -0.05) is 32.1 Å². The molecule has 0 fully saturated rings. The number of hydrogen-bond donors (Lipinski definition) is 1. The van der Waals surface area contributed by atoms with Crippen LogP contribution < -0.4 is 15.6 Å². The van der Waals surface area contributed by atoms with Gasteiger partial charge >= 0.3 is 0 Å². The molecule has 1 aromatic heterocycles. The molecule has 0 aliphatic heterocycles. The first-order chi connectivity index (χ1) is 13.7. The van der Waals surface area contributed by atoms with Crippen molar-refractivity contribution in [2.45, 2.75) is 34.2 Å². The first-order valence-corrected chi connectivity index (χ1v) is 10.7. The molecule has 160 valence electrons. The maximum absolute atomic E-state index is 12.7. The van der Waals surface area contributed by atoms with Crippen LogP contribution in [0.2, 0.25) is 0 Å². The van der Waals surface area contributed by atoms with E-state index in [2.05, 4.69) is 30.5 Å². The molecule has 29 heavy (non-hydrogen) atoms. The summed E-state index contributed by atoms with van der Waals surface area (Å²) in [6.07, 6.45) is 6.16. The Morgan fingerprint density at radius 1 is 1.38 bits per heavy atom. The maximum atomic E-state index is 12.7. The first kappa shape index (κ1) is 25.3. The summed E-state index contributed by atoms with van der Waals surface area (Å²) in [5, 5.41) is 3.72. The largest absolute Gasteiger partial charge is 0.487 e. The molecule has 1 heterocycles. The fraction of sp³-hybridized carbons (Fsp3) is 0.429. The summed E-state index contributed by atoms with van der Waals surface area (Å²) >= 11 is 3.31. The zero-order valence-electron chi connectivity index (χ0n) is 17.3. The molecule has 1 N–H and O–H groups in total. The van der Waals surface area contributed by atoms with E-state index >= 15 is 0 Å². The van der Waals surface area contributed by atoms with Gasteiger partial charge in [-0.3, -0.25) is 9.59 Å². The number of carbonyl (C=O) groups is 1. The third-order valence-electron chi connectivity index (χ3n) is 3.95. The number of aryl methyl sites for hydroxylation is 1. The number of nitrogens with one attached hydrogen (secondary N) is 1. The average molecular weight is 487 g/mol. The number of halogens is 2. The SMILES string of the molecule is C/C(P)=C(\C=C/CF)COc1cc(C)n(C/C=C/C(=O)NCC(C)C)c(=O)c1Br. The highest BCUT2D eigenvalue weighted by molar-refractivity contribution is 9.10. The van der Waals surface area contributed by atoms with Crippen LogP contribution in [0.15, 0.2) is 50.5 Å². The predicted molar refractivity (Wildman–Crippen MR) is 123 cm³/mol. The van der Waals surface area contributed by atoms with E-state index in [0.717, 1.165) is 10.9 Å². The molecule has 0 saturated carbocycles. The lowest BCUT2D eigenvalue weighted by Crippen LogP contribution is -2.26. The first-order valence-electron chi connectivity index (χ1n) is 9.32. The number of alkyl halides is 1. The summed E-state index contributed by atoms with van der Waals surface area (Å²) in [5.74, 6) is 0.607. The molecule has 1 rings (SSSR count). The molecule has 8 heteroatoms. The Bertz CT molecular complexity index is 856. The van der Waals surface area contributed by atoms with E-state index < -0.39 is 6.67 Å². The van der Waals surface area contributed by atoms with Crippen LogP contribution >= 0.6 is 25.2 Å². The topological polar surface area (TPSA) is 60.3 Å². The number of pyridine rings is 1. The van der Waals surface area contributed by atoms with Crippen molar-refractivity contribution in [3.63, 3.8) is 0 Å². The quantitative estimate of drug-likeness (QED) is 0.304. The Morgan fingerprint density at radius 3 is 2.66 bits per heavy atom. The van der Waals surface area contributed by atoms with E-state index in [1.807, 2.05) is 20.8 Å². The highest BCUT2D eigenvalue weighted by Gasteiger charge is 2.12. The van der Waals surface area contributed by atoms with Crippen molar-refractivity contribution in [2.24, 2.45) is 5.92 Å². The van der Waals surface area contributed by atoms with Gasteiger partial charge in [0.2, 0.25) is 5.91 Å². The molecule has 0 bridgehead atoms. The number of nitrogens with zero attached hydrogens (tertiary/aromatic N) is 1. The minimum Gasteiger partial charge on any atom is -0.487 e. The van der Waals surface area contributed by atoms with Crippen LogP contribution in [0, 0.1) is 12.8 Å². The summed E-state index contributed by atoms with van der Waals surface area (Å²) in [5.41, 5.74) is 1.27. The van der Waals surface area contributed by atoms with Gasteiger partial charge in [-0.2, -0.15) is 0 Å². The summed E-state index contributed by atoms with van der Waals surface area (Å²) in [7, 11) is 2.56. The van der Waals surface area contributed by atoms with Crippen LogP contribution in [0.3, 0.4) is 0 Å². The molecule has 5 nitrogen and oxygen atoms in total. The van der Waals surface area contributed by atoms with Crippen molar-refractivity contribution < 1.29 is 13.9 Å². The second-order valence-electron chi connectivity index (χ2n) is 6.97. The van der Waals surface area contributed by atoms with E-state index in [-0.39, 0.29) is 24.6 Å². The lowest BCUT2D eigenvalue weighted by molar-refractivity contribution is -0.116. The second kappa shape index (κ2) is 12.8. The normalized spacial score (nSPS) is 12.7. The van der Waals surface area contributed by atoms with Gasteiger partial charge in [0.1, 0.15) is 23.5 Å². The standard InChI is InChI=1S/C21H29BrFN2O3P/c1-14(2)12-24-19(26)8-6-10-25-15(3)11-18(20(22)21(25)27)28-13-17(16(4)29)7-5-9-23/h5-8,11,14H,9-10,12-13,29H2,1-4H3,(H,24,26)/b7-5-,8-6+,17-16-. The molecule has 1 aromatic rings. The highest BCUT2D eigenvalue weighted by Crippen LogP contribution is 2.24. The second-order valence-corrected chi connectivity index (χ2v) is 8.63. The molecule has 0 spiro atoms. The predicted octanol–water partition coefficient (Wildman–Crippen LogP) is 4.30. The number of carbonyl (C=O) groups excluding carboxylic acids is 1. The third kappa shape index (κ3) is 8.67. The molecule has 0 aliphatic rings. The Labute approximate surface area is 182 Å². The fourth-order valence-electron chi connectivity index (χ4n) is 2.31. The smallest absolute Gasteiger partial charge is 0.269 e. The van der Waals surface area contributed by atoms with Gasteiger partial charge in [0, 0.05) is 30.9 Å². The maximum Gasteiger partial charge on any atom is 0.269 e. The van der Waals surface area contributed by atoms with Gasteiger partial charge in [-0.15, -0.1) is 9.24 Å². The minimum absolute atomic E-state index is 0.183. The Balaban J connectivity index is 2.90. The minimum atomic E-state index is -0.552. The zero-order valence-corrected chi connectivity index (χ0v) is 20.0. The Hall–Kier alpha value is -1.72. The number of rotatable bonds is 10. The van der Waals surface area contributed by atoms with Gasteiger partial charge in [0.25, 0.3) is 5.56 Å². The molecule has 0 radical (unpaired) electrons. The van der Waals surface area contributed by atoms with Crippen molar-refractivity contribution >= 4 is 31.1 Å². The molecule has 1 unspecified atom stereocenters. The zero-order chi connectivity index (χ0) is 22.0. The van der Waals surface area contributed by atoms with Crippen LogP contribution in [0.4, 0.5) is 4.39 Å². The van der Waals surface area contributed by atoms with Crippen molar-refractivity contribution in [1.29, 1.82) is 0 Å². The van der Waals surface area contributed by atoms with E-state index in [4.69, 9.17) is 4.74 Å². The van der Waals surface area contributed by atoms with Crippen molar-refractivity contribution in [1.82, 2.24) is 9.88 Å². The van der Waals surface area contributed by atoms with Gasteiger partial charge in [0.05, 0.1) is 0 Å².